The van der Waals surface area contributed by atoms with Gasteiger partial charge in [0, 0.05) is 6.54 Å². The molecule has 0 aliphatic rings. The van der Waals surface area contributed by atoms with Gasteiger partial charge in [0.2, 0.25) is 0 Å². The fourth-order valence-electron chi connectivity index (χ4n) is 2.37. The Kier molecular flexibility index (Phi) is 5.02. The van der Waals surface area contributed by atoms with Crippen molar-refractivity contribution in [2.45, 2.75) is 33.2 Å². The van der Waals surface area contributed by atoms with Crippen molar-refractivity contribution < 1.29 is 0 Å². The van der Waals surface area contributed by atoms with Crippen LogP contribution in [0.4, 0.5) is 0 Å². The third-order valence-corrected chi connectivity index (χ3v) is 4.08. The summed E-state index contributed by atoms with van der Waals surface area (Å²) >= 11 is 6.08. The lowest BCUT2D eigenvalue weighted by Gasteiger charge is -2.15. The van der Waals surface area contributed by atoms with Crippen LogP contribution in [0.25, 0.3) is 11.1 Å². The molecule has 4 nitrogen and oxygen atoms in total. The molecule has 112 valence electrons. The zero-order chi connectivity index (χ0) is 15.4. The van der Waals surface area contributed by atoms with Gasteiger partial charge in [-0.05, 0) is 11.5 Å². The van der Waals surface area contributed by atoms with Crippen LogP contribution >= 0.6 is 11.6 Å². The zero-order valence-corrected chi connectivity index (χ0v) is 13.0. The number of nitrogens with zero attached hydrogens (tertiary/aromatic N) is 1. The molecule has 0 radical (unpaired) electrons. The number of nitrogens with one attached hydrogen (secondary N) is 1. The average Bonchev–Trinajstić information content (AvgIpc) is 2.48. The first-order chi connectivity index (χ1) is 10.1. The van der Waals surface area contributed by atoms with E-state index in [0.717, 1.165) is 12.8 Å². The molecule has 2 rings (SSSR count). The molecule has 0 aliphatic carbocycles. The quantitative estimate of drug-likeness (QED) is 0.862. The highest BCUT2D eigenvalue weighted by Crippen LogP contribution is 2.21. The summed E-state index contributed by atoms with van der Waals surface area (Å²) in [6, 6.07) is 9.15. The monoisotopic (exact) mass is 306 g/mol. The van der Waals surface area contributed by atoms with Crippen LogP contribution in [0.1, 0.15) is 26.7 Å². The highest BCUT2D eigenvalue weighted by Gasteiger charge is 2.16. The van der Waals surface area contributed by atoms with Crippen molar-refractivity contribution in [1.29, 1.82) is 0 Å². The molecule has 0 amide bonds. The summed E-state index contributed by atoms with van der Waals surface area (Å²) in [5.41, 5.74) is 0.281. The number of rotatable bonds is 5. The van der Waals surface area contributed by atoms with Crippen molar-refractivity contribution in [3.05, 3.63) is 56.3 Å². The molecule has 2 aromatic rings. The van der Waals surface area contributed by atoms with Gasteiger partial charge in [0.1, 0.15) is 5.15 Å². The van der Waals surface area contributed by atoms with Crippen molar-refractivity contribution in [2.24, 2.45) is 5.92 Å². The first kappa shape index (κ1) is 15.6. The Bertz CT molecular complexity index is 715. The number of hydrogen-bond donors (Lipinski definition) is 1. The van der Waals surface area contributed by atoms with E-state index in [1.165, 1.54) is 4.57 Å². The molecule has 1 heterocycles. The number of aromatic nitrogens is 2. The number of aromatic amines is 1. The summed E-state index contributed by atoms with van der Waals surface area (Å²) < 4.78 is 1.26. The summed E-state index contributed by atoms with van der Waals surface area (Å²) in [5, 5.41) is 0.0944. The van der Waals surface area contributed by atoms with E-state index in [1.807, 2.05) is 30.3 Å². The fraction of sp³-hybridized carbons (Fsp3) is 0.375. The molecule has 21 heavy (non-hydrogen) atoms. The Morgan fingerprint density at radius 3 is 2.33 bits per heavy atom. The summed E-state index contributed by atoms with van der Waals surface area (Å²) in [6.07, 6.45) is 1.84. The molecule has 5 heteroatoms. The minimum Gasteiger partial charge on any atom is -0.297 e. The number of hydrogen-bond acceptors (Lipinski definition) is 2. The Morgan fingerprint density at radius 1 is 1.14 bits per heavy atom. The molecule has 0 atom stereocenters. The van der Waals surface area contributed by atoms with E-state index >= 15 is 0 Å². The van der Waals surface area contributed by atoms with Gasteiger partial charge in [0.25, 0.3) is 5.56 Å². The lowest BCUT2D eigenvalue weighted by Crippen LogP contribution is -2.38. The molecular weight excluding hydrogens is 288 g/mol. The number of halogens is 1. The van der Waals surface area contributed by atoms with Gasteiger partial charge in [0.05, 0.1) is 5.56 Å². The molecule has 1 aromatic carbocycles. The first-order valence-electron chi connectivity index (χ1n) is 7.16. The van der Waals surface area contributed by atoms with Crippen molar-refractivity contribution in [3.8, 4) is 11.1 Å². The maximum Gasteiger partial charge on any atom is 0.329 e. The smallest absolute Gasteiger partial charge is 0.297 e. The maximum atomic E-state index is 12.6. The molecule has 0 saturated carbocycles. The highest BCUT2D eigenvalue weighted by atomic mass is 35.5. The van der Waals surface area contributed by atoms with E-state index in [0.29, 0.717) is 23.6 Å². The molecule has 0 aliphatic heterocycles. The van der Waals surface area contributed by atoms with Gasteiger partial charge in [-0.15, -0.1) is 0 Å². The highest BCUT2D eigenvalue weighted by molar-refractivity contribution is 6.32. The van der Waals surface area contributed by atoms with E-state index in [9.17, 15) is 9.59 Å². The van der Waals surface area contributed by atoms with Crippen LogP contribution in [0.3, 0.4) is 0 Å². The largest absolute Gasteiger partial charge is 0.329 e. The Balaban J connectivity index is 2.59. The third kappa shape index (κ3) is 3.27. The second kappa shape index (κ2) is 6.76. The standard InChI is InChI=1S/C16H19ClN2O2/c1-3-11(4-2)10-19-15(20)13(14(17)18-16(19)21)12-8-6-5-7-9-12/h5-9,11H,3-4,10H2,1-2H3,(H,18,21). The molecule has 1 aromatic heterocycles. The summed E-state index contributed by atoms with van der Waals surface area (Å²) in [6.45, 7) is 4.53. The molecule has 1 N–H and O–H groups in total. The maximum absolute atomic E-state index is 12.6. The first-order valence-corrected chi connectivity index (χ1v) is 7.54. The van der Waals surface area contributed by atoms with E-state index in [-0.39, 0.29) is 10.7 Å². The molecule has 0 unspecified atom stereocenters. The summed E-state index contributed by atoms with van der Waals surface area (Å²) in [5.74, 6) is 0.300. The van der Waals surface area contributed by atoms with E-state index in [4.69, 9.17) is 11.6 Å². The van der Waals surface area contributed by atoms with E-state index in [2.05, 4.69) is 18.8 Å². The topological polar surface area (TPSA) is 54.9 Å². The van der Waals surface area contributed by atoms with E-state index < -0.39 is 5.69 Å². The molecule has 0 bridgehead atoms. The Labute approximate surface area is 128 Å². The molecular formula is C16H19ClN2O2. The minimum absolute atomic E-state index is 0.0944. The van der Waals surface area contributed by atoms with Gasteiger partial charge in [-0.2, -0.15) is 0 Å². The van der Waals surface area contributed by atoms with Crippen LogP contribution in [0.5, 0.6) is 0 Å². The zero-order valence-electron chi connectivity index (χ0n) is 12.2. The number of benzene rings is 1. The van der Waals surface area contributed by atoms with Gasteiger partial charge >= 0.3 is 5.69 Å². The average molecular weight is 307 g/mol. The normalized spacial score (nSPS) is 11.0. The van der Waals surface area contributed by atoms with Crippen LogP contribution in [0.15, 0.2) is 39.9 Å². The predicted octanol–water partition coefficient (Wildman–Crippen LogP) is 3.29. The van der Waals surface area contributed by atoms with Crippen molar-refractivity contribution in [3.63, 3.8) is 0 Å². The lowest BCUT2D eigenvalue weighted by atomic mass is 10.0. The van der Waals surface area contributed by atoms with Crippen LogP contribution in [-0.2, 0) is 6.54 Å². The third-order valence-electron chi connectivity index (χ3n) is 3.80. The van der Waals surface area contributed by atoms with Crippen LogP contribution in [0.2, 0.25) is 5.15 Å². The lowest BCUT2D eigenvalue weighted by molar-refractivity contribution is 0.402. The molecule has 0 saturated heterocycles. The van der Waals surface area contributed by atoms with Gasteiger partial charge in [-0.1, -0.05) is 68.6 Å². The second-order valence-corrected chi connectivity index (χ2v) is 5.46. The SMILES string of the molecule is CCC(CC)Cn1c(=O)[nH]c(Cl)c(-c2ccccc2)c1=O. The number of H-pyrrole nitrogens is 1. The van der Waals surface area contributed by atoms with Crippen LogP contribution in [-0.4, -0.2) is 9.55 Å². The Morgan fingerprint density at radius 2 is 1.76 bits per heavy atom. The molecule has 0 spiro atoms. The summed E-state index contributed by atoms with van der Waals surface area (Å²) in [7, 11) is 0. The molecule has 0 fully saturated rings. The van der Waals surface area contributed by atoms with Crippen LogP contribution in [0, 0.1) is 5.92 Å². The van der Waals surface area contributed by atoms with Crippen molar-refractivity contribution >= 4 is 11.6 Å². The van der Waals surface area contributed by atoms with Crippen molar-refractivity contribution in [2.75, 3.05) is 0 Å². The van der Waals surface area contributed by atoms with Gasteiger partial charge in [-0.25, -0.2) is 4.79 Å². The van der Waals surface area contributed by atoms with Crippen molar-refractivity contribution in [1.82, 2.24) is 9.55 Å². The fourth-order valence-corrected chi connectivity index (χ4v) is 2.64. The van der Waals surface area contributed by atoms with Gasteiger partial charge < -0.3 is 0 Å². The van der Waals surface area contributed by atoms with Crippen LogP contribution < -0.4 is 11.2 Å². The summed E-state index contributed by atoms with van der Waals surface area (Å²) in [4.78, 5) is 27.2. The minimum atomic E-state index is -0.448. The van der Waals surface area contributed by atoms with E-state index in [1.54, 1.807) is 0 Å². The second-order valence-electron chi connectivity index (χ2n) is 5.08. The Hall–Kier alpha value is -1.81. The van der Waals surface area contributed by atoms with Gasteiger partial charge in [0.15, 0.2) is 0 Å². The van der Waals surface area contributed by atoms with Gasteiger partial charge in [-0.3, -0.25) is 14.3 Å². The predicted molar refractivity (Wildman–Crippen MR) is 85.8 cm³/mol.